The van der Waals surface area contributed by atoms with Gasteiger partial charge in [0.15, 0.2) is 6.61 Å². The SMILES string of the molecule is Cc1ccc(OCC(=O)N2CCCC[C@H]2CCN2CCCC2)cc1C. The number of benzene rings is 1. The highest BCUT2D eigenvalue weighted by atomic mass is 16.5. The van der Waals surface area contributed by atoms with Gasteiger partial charge in [0.1, 0.15) is 5.75 Å². The van der Waals surface area contributed by atoms with Crippen molar-refractivity contribution in [2.75, 3.05) is 32.8 Å². The summed E-state index contributed by atoms with van der Waals surface area (Å²) in [5.74, 6) is 0.937. The topological polar surface area (TPSA) is 32.8 Å². The zero-order valence-electron chi connectivity index (χ0n) is 15.8. The van der Waals surface area contributed by atoms with Gasteiger partial charge in [-0.25, -0.2) is 0 Å². The Morgan fingerprint density at radius 3 is 2.60 bits per heavy atom. The number of ether oxygens (including phenoxy) is 1. The van der Waals surface area contributed by atoms with Gasteiger partial charge in [-0.05, 0) is 88.7 Å². The number of aryl methyl sites for hydroxylation is 2. The maximum Gasteiger partial charge on any atom is 0.260 e. The van der Waals surface area contributed by atoms with Crippen molar-refractivity contribution in [1.29, 1.82) is 0 Å². The molecular formula is C21H32N2O2. The van der Waals surface area contributed by atoms with Crippen LogP contribution in [0.2, 0.25) is 0 Å². The normalized spacial score (nSPS) is 21.5. The minimum atomic E-state index is 0.143. The molecule has 1 aromatic carbocycles. The molecule has 1 atom stereocenters. The zero-order chi connectivity index (χ0) is 17.6. The number of hydrogen-bond donors (Lipinski definition) is 0. The van der Waals surface area contributed by atoms with Crippen molar-refractivity contribution in [3.05, 3.63) is 29.3 Å². The quantitative estimate of drug-likeness (QED) is 0.791. The average Bonchev–Trinajstić information content (AvgIpc) is 3.14. The molecule has 2 saturated heterocycles. The molecule has 0 radical (unpaired) electrons. The average molecular weight is 344 g/mol. The van der Waals surface area contributed by atoms with Crippen molar-refractivity contribution in [3.63, 3.8) is 0 Å². The predicted molar refractivity (Wildman–Crippen MR) is 101 cm³/mol. The first-order valence-corrected chi connectivity index (χ1v) is 9.85. The number of hydrogen-bond acceptors (Lipinski definition) is 3. The summed E-state index contributed by atoms with van der Waals surface area (Å²) in [6, 6.07) is 6.42. The number of likely N-dealkylation sites (tertiary alicyclic amines) is 2. The van der Waals surface area contributed by atoms with Crippen molar-refractivity contribution >= 4 is 5.91 Å². The Bertz CT molecular complexity index is 581. The van der Waals surface area contributed by atoms with Gasteiger partial charge in [0.2, 0.25) is 0 Å². The van der Waals surface area contributed by atoms with Crippen LogP contribution in [-0.2, 0) is 4.79 Å². The van der Waals surface area contributed by atoms with Gasteiger partial charge >= 0.3 is 0 Å². The third-order valence-corrected chi connectivity index (χ3v) is 5.77. The first-order chi connectivity index (χ1) is 12.1. The summed E-state index contributed by atoms with van der Waals surface area (Å²) >= 11 is 0. The summed E-state index contributed by atoms with van der Waals surface area (Å²) < 4.78 is 5.78. The first kappa shape index (κ1) is 18.2. The molecule has 0 saturated carbocycles. The molecule has 0 N–H and O–H groups in total. The lowest BCUT2D eigenvalue weighted by atomic mass is 9.99. The first-order valence-electron chi connectivity index (χ1n) is 9.85. The van der Waals surface area contributed by atoms with E-state index >= 15 is 0 Å². The maximum atomic E-state index is 12.7. The van der Waals surface area contributed by atoms with Gasteiger partial charge in [-0.3, -0.25) is 4.79 Å². The van der Waals surface area contributed by atoms with Crippen LogP contribution < -0.4 is 4.74 Å². The highest BCUT2D eigenvalue weighted by molar-refractivity contribution is 5.78. The van der Waals surface area contributed by atoms with Crippen molar-refractivity contribution < 1.29 is 9.53 Å². The fourth-order valence-electron chi connectivity index (χ4n) is 4.00. The molecule has 0 aliphatic carbocycles. The lowest BCUT2D eigenvalue weighted by Gasteiger charge is -2.36. The molecule has 2 aliphatic rings. The third-order valence-electron chi connectivity index (χ3n) is 5.77. The Balaban J connectivity index is 1.51. The number of carbonyl (C=O) groups is 1. The Morgan fingerprint density at radius 1 is 1.08 bits per heavy atom. The van der Waals surface area contributed by atoms with Crippen LogP contribution in [0, 0.1) is 13.8 Å². The Morgan fingerprint density at radius 2 is 1.84 bits per heavy atom. The van der Waals surface area contributed by atoms with Gasteiger partial charge in [0.05, 0.1) is 0 Å². The highest BCUT2D eigenvalue weighted by Crippen LogP contribution is 2.22. The molecule has 25 heavy (non-hydrogen) atoms. The second-order valence-electron chi connectivity index (χ2n) is 7.61. The van der Waals surface area contributed by atoms with Crippen LogP contribution in [0.5, 0.6) is 5.75 Å². The van der Waals surface area contributed by atoms with Gasteiger partial charge in [-0.1, -0.05) is 6.07 Å². The molecule has 4 heteroatoms. The van der Waals surface area contributed by atoms with Crippen LogP contribution >= 0.6 is 0 Å². The lowest BCUT2D eigenvalue weighted by Crippen LogP contribution is -2.47. The predicted octanol–water partition coefficient (Wildman–Crippen LogP) is 3.55. The van der Waals surface area contributed by atoms with Crippen molar-refractivity contribution in [2.45, 2.75) is 58.4 Å². The summed E-state index contributed by atoms with van der Waals surface area (Å²) in [5, 5.41) is 0. The van der Waals surface area contributed by atoms with Crippen LogP contribution in [0.3, 0.4) is 0 Å². The zero-order valence-corrected chi connectivity index (χ0v) is 15.8. The maximum absolute atomic E-state index is 12.7. The van der Waals surface area contributed by atoms with Crippen molar-refractivity contribution in [3.8, 4) is 5.75 Å². The third kappa shape index (κ3) is 4.97. The van der Waals surface area contributed by atoms with Gasteiger partial charge in [0.25, 0.3) is 5.91 Å². The fourth-order valence-corrected chi connectivity index (χ4v) is 4.00. The van der Waals surface area contributed by atoms with E-state index in [-0.39, 0.29) is 12.5 Å². The molecule has 0 aromatic heterocycles. The van der Waals surface area contributed by atoms with Gasteiger partial charge in [0, 0.05) is 19.1 Å². The summed E-state index contributed by atoms with van der Waals surface area (Å²) in [6.07, 6.45) is 7.27. The second-order valence-corrected chi connectivity index (χ2v) is 7.61. The molecule has 1 aromatic rings. The minimum Gasteiger partial charge on any atom is -0.484 e. The Kier molecular flexibility index (Phi) is 6.35. The van der Waals surface area contributed by atoms with Crippen molar-refractivity contribution in [2.24, 2.45) is 0 Å². The van der Waals surface area contributed by atoms with Crippen molar-refractivity contribution in [1.82, 2.24) is 9.80 Å². The van der Waals surface area contributed by atoms with E-state index in [1.807, 2.05) is 12.1 Å². The minimum absolute atomic E-state index is 0.143. The standard InChI is InChI=1S/C21H32N2O2/c1-17-8-9-20(15-18(17)2)25-16-21(24)23-13-4-3-7-19(23)10-14-22-11-5-6-12-22/h8-9,15,19H,3-7,10-14,16H2,1-2H3/t19-/m0/s1. The number of amides is 1. The monoisotopic (exact) mass is 344 g/mol. The molecule has 1 amide bonds. The largest absolute Gasteiger partial charge is 0.484 e. The van der Waals surface area contributed by atoms with Gasteiger partial charge in [-0.15, -0.1) is 0 Å². The van der Waals surface area contributed by atoms with E-state index in [0.717, 1.165) is 38.1 Å². The summed E-state index contributed by atoms with van der Waals surface area (Å²) in [7, 11) is 0. The molecule has 138 valence electrons. The van der Waals surface area contributed by atoms with Gasteiger partial charge in [-0.2, -0.15) is 0 Å². The van der Waals surface area contributed by atoms with E-state index in [9.17, 15) is 4.79 Å². The van der Waals surface area contributed by atoms with Crippen LogP contribution in [0.15, 0.2) is 18.2 Å². The molecule has 3 rings (SSSR count). The number of piperidine rings is 1. The van der Waals surface area contributed by atoms with E-state index in [1.165, 1.54) is 43.5 Å². The summed E-state index contributed by atoms with van der Waals surface area (Å²) in [4.78, 5) is 17.3. The van der Waals surface area contributed by atoms with E-state index < -0.39 is 0 Å². The van der Waals surface area contributed by atoms with E-state index in [4.69, 9.17) is 4.74 Å². The molecule has 2 fully saturated rings. The van der Waals surface area contributed by atoms with Crippen LogP contribution in [0.25, 0.3) is 0 Å². The van der Waals surface area contributed by atoms with E-state index in [1.54, 1.807) is 0 Å². The number of carbonyl (C=O) groups excluding carboxylic acids is 1. The van der Waals surface area contributed by atoms with E-state index in [0.29, 0.717) is 6.04 Å². The lowest BCUT2D eigenvalue weighted by molar-refractivity contribution is -0.137. The summed E-state index contributed by atoms with van der Waals surface area (Å²) in [6.45, 7) is 8.80. The summed E-state index contributed by atoms with van der Waals surface area (Å²) in [5.41, 5.74) is 2.45. The molecular weight excluding hydrogens is 312 g/mol. The van der Waals surface area contributed by atoms with Crippen LogP contribution in [0.4, 0.5) is 0 Å². The van der Waals surface area contributed by atoms with Crippen LogP contribution in [0.1, 0.15) is 49.7 Å². The second kappa shape index (κ2) is 8.70. The number of nitrogens with zero attached hydrogens (tertiary/aromatic N) is 2. The molecule has 4 nitrogen and oxygen atoms in total. The highest BCUT2D eigenvalue weighted by Gasteiger charge is 2.27. The fraction of sp³-hybridized carbons (Fsp3) is 0.667. The Hall–Kier alpha value is -1.55. The molecule has 0 bridgehead atoms. The molecule has 0 spiro atoms. The van der Waals surface area contributed by atoms with Gasteiger partial charge < -0.3 is 14.5 Å². The van der Waals surface area contributed by atoms with E-state index in [2.05, 4.69) is 29.7 Å². The molecule has 0 unspecified atom stereocenters. The Labute approximate surface area is 152 Å². The van der Waals surface area contributed by atoms with Crippen LogP contribution in [-0.4, -0.2) is 54.5 Å². The number of rotatable bonds is 6. The smallest absolute Gasteiger partial charge is 0.260 e. The molecule has 2 heterocycles. The molecule has 2 aliphatic heterocycles.